The molecule has 0 bridgehead atoms. The van der Waals surface area contributed by atoms with E-state index in [0.29, 0.717) is 23.1 Å². The molecule has 0 amide bonds. The van der Waals surface area contributed by atoms with Crippen LogP contribution in [0.25, 0.3) is 22.6 Å². The largest absolute Gasteiger partial charge is 0.454 e. The Morgan fingerprint density at radius 1 is 1.12 bits per heavy atom. The smallest absolute Gasteiger partial charge is 0.261 e. The van der Waals surface area contributed by atoms with Gasteiger partial charge in [-0.1, -0.05) is 6.07 Å². The van der Waals surface area contributed by atoms with E-state index in [-0.39, 0.29) is 12.4 Å². The van der Waals surface area contributed by atoms with E-state index in [1.54, 1.807) is 22.8 Å². The molecular weight excluding hydrogens is 330 g/mol. The summed E-state index contributed by atoms with van der Waals surface area (Å²) in [5, 5.41) is 0.604. The molecule has 130 valence electrons. The summed E-state index contributed by atoms with van der Waals surface area (Å²) in [6.45, 7) is 0.933. The first-order valence-electron chi connectivity index (χ1n) is 8.60. The van der Waals surface area contributed by atoms with Crippen molar-refractivity contribution >= 4 is 28.2 Å². The molecule has 5 rings (SSSR count). The summed E-state index contributed by atoms with van der Waals surface area (Å²) in [7, 11) is 0. The molecule has 1 aromatic heterocycles. The molecule has 0 aliphatic carbocycles. The van der Waals surface area contributed by atoms with Crippen molar-refractivity contribution in [2.75, 3.05) is 12.5 Å². The number of nitrogens with zero attached hydrogens (tertiary/aromatic N) is 2. The minimum Gasteiger partial charge on any atom is -0.454 e. The number of allylic oxidation sites excluding steroid dienone is 1. The van der Waals surface area contributed by atoms with E-state index in [1.165, 1.54) is 0 Å². The Hall–Kier alpha value is -3.28. The number of ether oxygens (including phenoxy) is 2. The minimum absolute atomic E-state index is 0.0127. The molecule has 0 saturated heterocycles. The van der Waals surface area contributed by atoms with Gasteiger partial charge < -0.3 is 15.2 Å². The fraction of sp³-hybridized carbons (Fsp3) is 0.200. The first-order valence-corrected chi connectivity index (χ1v) is 8.60. The standard InChI is InChI=1S/C20H17N3O3/c21-14-4-5-15-16(10-14)22-19-13(2-1-7-23(19)20(15)24)8-12-3-6-17-18(9-12)26-11-25-17/h3-6,8-10H,1-2,7,11,21H2. The van der Waals surface area contributed by atoms with Gasteiger partial charge in [0, 0.05) is 12.2 Å². The number of aromatic nitrogens is 2. The van der Waals surface area contributed by atoms with Gasteiger partial charge in [-0.05, 0) is 60.4 Å². The Morgan fingerprint density at radius 2 is 2.00 bits per heavy atom. The van der Waals surface area contributed by atoms with Gasteiger partial charge in [-0.25, -0.2) is 4.98 Å². The maximum absolute atomic E-state index is 12.9. The summed E-state index contributed by atoms with van der Waals surface area (Å²) < 4.78 is 12.6. The van der Waals surface area contributed by atoms with Gasteiger partial charge in [-0.2, -0.15) is 0 Å². The highest BCUT2D eigenvalue weighted by atomic mass is 16.7. The summed E-state index contributed by atoms with van der Waals surface area (Å²) in [6, 6.07) is 11.1. The van der Waals surface area contributed by atoms with Crippen LogP contribution in [-0.4, -0.2) is 16.3 Å². The molecule has 0 spiro atoms. The summed E-state index contributed by atoms with van der Waals surface area (Å²) in [6.07, 6.45) is 3.84. The van der Waals surface area contributed by atoms with Crippen molar-refractivity contribution in [2.45, 2.75) is 19.4 Å². The average molecular weight is 347 g/mol. The second kappa shape index (κ2) is 5.62. The molecule has 0 radical (unpaired) electrons. The molecule has 2 N–H and O–H groups in total. The molecule has 3 aromatic rings. The first-order chi connectivity index (χ1) is 12.7. The highest BCUT2D eigenvalue weighted by molar-refractivity contribution is 5.85. The van der Waals surface area contributed by atoms with Crippen LogP contribution in [0.2, 0.25) is 0 Å². The van der Waals surface area contributed by atoms with Crippen molar-refractivity contribution in [3.63, 3.8) is 0 Å². The summed E-state index contributed by atoms with van der Waals surface area (Å²) in [5.74, 6) is 2.22. The molecule has 6 nitrogen and oxygen atoms in total. The SMILES string of the molecule is Nc1ccc2c(=O)n3c(nc2c1)C(=Cc1ccc2c(c1)OCO2)CCC3. The molecule has 6 heteroatoms. The summed E-state index contributed by atoms with van der Waals surface area (Å²) in [4.78, 5) is 17.6. The minimum atomic E-state index is -0.0127. The lowest BCUT2D eigenvalue weighted by atomic mass is 10.0. The fourth-order valence-corrected chi connectivity index (χ4v) is 3.57. The van der Waals surface area contributed by atoms with Crippen molar-refractivity contribution in [1.29, 1.82) is 0 Å². The highest BCUT2D eigenvalue weighted by Gasteiger charge is 2.20. The maximum Gasteiger partial charge on any atom is 0.261 e. The van der Waals surface area contributed by atoms with Crippen LogP contribution in [0.4, 0.5) is 5.69 Å². The third kappa shape index (κ3) is 2.34. The van der Waals surface area contributed by atoms with Crippen molar-refractivity contribution in [3.05, 3.63) is 58.1 Å². The number of nitrogen functional groups attached to an aromatic ring is 1. The van der Waals surface area contributed by atoms with Crippen LogP contribution in [0.5, 0.6) is 11.5 Å². The van der Waals surface area contributed by atoms with Gasteiger partial charge in [-0.15, -0.1) is 0 Å². The van der Waals surface area contributed by atoms with Gasteiger partial charge in [0.1, 0.15) is 5.82 Å². The summed E-state index contributed by atoms with van der Waals surface area (Å²) >= 11 is 0. The van der Waals surface area contributed by atoms with Crippen molar-refractivity contribution in [3.8, 4) is 11.5 Å². The zero-order valence-electron chi connectivity index (χ0n) is 14.1. The predicted molar refractivity (Wildman–Crippen MR) is 100 cm³/mol. The lowest BCUT2D eigenvalue weighted by Gasteiger charge is -2.21. The molecule has 0 atom stereocenters. The molecule has 26 heavy (non-hydrogen) atoms. The molecule has 3 heterocycles. The van der Waals surface area contributed by atoms with Crippen LogP contribution in [0, 0.1) is 0 Å². The molecule has 0 saturated carbocycles. The van der Waals surface area contributed by atoms with Crippen LogP contribution >= 0.6 is 0 Å². The normalized spacial score (nSPS) is 16.8. The maximum atomic E-state index is 12.9. The van der Waals surface area contributed by atoms with E-state index < -0.39 is 0 Å². The van der Waals surface area contributed by atoms with E-state index in [9.17, 15) is 4.79 Å². The molecule has 0 fully saturated rings. The number of rotatable bonds is 1. The van der Waals surface area contributed by atoms with Crippen LogP contribution < -0.4 is 20.8 Å². The van der Waals surface area contributed by atoms with Crippen LogP contribution in [0.3, 0.4) is 0 Å². The van der Waals surface area contributed by atoms with Gasteiger partial charge in [0.05, 0.1) is 10.9 Å². The van der Waals surface area contributed by atoms with Gasteiger partial charge in [0.15, 0.2) is 11.5 Å². The van der Waals surface area contributed by atoms with E-state index in [1.807, 2.05) is 18.2 Å². The lowest BCUT2D eigenvalue weighted by Crippen LogP contribution is -2.27. The Morgan fingerprint density at radius 3 is 2.92 bits per heavy atom. The first kappa shape index (κ1) is 15.0. The number of nitrogens with two attached hydrogens (primary N) is 1. The molecule has 2 aliphatic rings. The number of hydrogen-bond donors (Lipinski definition) is 1. The number of anilines is 1. The highest BCUT2D eigenvalue weighted by Crippen LogP contribution is 2.34. The Labute approximate surface area is 149 Å². The molecule has 2 aromatic carbocycles. The van der Waals surface area contributed by atoms with Gasteiger partial charge in [0.2, 0.25) is 6.79 Å². The molecular formula is C20H17N3O3. The number of benzene rings is 2. The van der Waals surface area contributed by atoms with Crippen molar-refractivity contribution < 1.29 is 9.47 Å². The van der Waals surface area contributed by atoms with Crippen molar-refractivity contribution in [1.82, 2.24) is 9.55 Å². The Balaban J connectivity index is 1.67. The third-order valence-electron chi connectivity index (χ3n) is 4.83. The van der Waals surface area contributed by atoms with Crippen molar-refractivity contribution in [2.24, 2.45) is 0 Å². The monoisotopic (exact) mass is 347 g/mol. The summed E-state index contributed by atoms with van der Waals surface area (Å²) in [5.41, 5.74) is 9.14. The lowest BCUT2D eigenvalue weighted by molar-refractivity contribution is 0.174. The number of fused-ring (bicyclic) bond motifs is 3. The fourth-order valence-electron chi connectivity index (χ4n) is 3.57. The molecule has 0 unspecified atom stereocenters. The van der Waals surface area contributed by atoms with Crippen LogP contribution in [0.15, 0.2) is 41.2 Å². The second-order valence-electron chi connectivity index (χ2n) is 6.55. The zero-order valence-corrected chi connectivity index (χ0v) is 14.1. The second-order valence-corrected chi connectivity index (χ2v) is 6.55. The van der Waals surface area contributed by atoms with Gasteiger partial charge in [0.25, 0.3) is 5.56 Å². The molecule has 2 aliphatic heterocycles. The number of hydrogen-bond acceptors (Lipinski definition) is 5. The van der Waals surface area contributed by atoms with Crippen LogP contribution in [0.1, 0.15) is 24.2 Å². The average Bonchev–Trinajstić information content (AvgIpc) is 3.10. The third-order valence-corrected chi connectivity index (χ3v) is 4.83. The van der Waals surface area contributed by atoms with E-state index in [0.717, 1.165) is 41.3 Å². The van der Waals surface area contributed by atoms with Crippen LogP contribution in [-0.2, 0) is 6.54 Å². The van der Waals surface area contributed by atoms with E-state index in [2.05, 4.69) is 6.08 Å². The zero-order chi connectivity index (χ0) is 17.7. The quantitative estimate of drug-likeness (QED) is 0.685. The topological polar surface area (TPSA) is 79.4 Å². The van der Waals surface area contributed by atoms with Gasteiger partial charge in [-0.3, -0.25) is 9.36 Å². The van der Waals surface area contributed by atoms with E-state index >= 15 is 0 Å². The predicted octanol–water partition coefficient (Wildman–Crippen LogP) is 3.04. The Kier molecular flexibility index (Phi) is 3.25. The Bertz CT molecular complexity index is 1130. The van der Waals surface area contributed by atoms with Gasteiger partial charge >= 0.3 is 0 Å². The van der Waals surface area contributed by atoms with E-state index in [4.69, 9.17) is 20.2 Å².